The molecule has 138 valence electrons. The van der Waals surface area contributed by atoms with Gasteiger partial charge in [-0.3, -0.25) is 0 Å². The fourth-order valence-corrected chi connectivity index (χ4v) is 3.76. The molecule has 1 atom stereocenters. The van der Waals surface area contributed by atoms with Gasteiger partial charge in [0.1, 0.15) is 84.2 Å². The minimum absolute atomic E-state index is 0.00782. The molecule has 1 N–H and O–H groups in total. The van der Waals surface area contributed by atoms with Crippen LogP contribution in [0.2, 0.25) is 5.82 Å². The van der Waals surface area contributed by atoms with Gasteiger partial charge in [-0.2, -0.15) is 0 Å². The molecule has 0 aliphatic heterocycles. The summed E-state index contributed by atoms with van der Waals surface area (Å²) < 4.78 is 0. The Morgan fingerprint density at radius 2 is 1.47 bits per heavy atom. The van der Waals surface area contributed by atoms with Crippen LogP contribution in [0.5, 0.6) is 5.75 Å². The van der Waals surface area contributed by atoms with E-state index in [2.05, 4.69) is 12.5 Å². The van der Waals surface area contributed by atoms with Crippen LogP contribution in [0.4, 0.5) is 0 Å². The fraction of sp³-hybridized carbons (Fsp3) is 0.182. The molecule has 1 aliphatic carbocycles. The Bertz CT molecular complexity index is 1330. The number of hydrogen-bond acceptors (Lipinski definition) is 1. The van der Waals surface area contributed by atoms with Crippen molar-refractivity contribution in [1.82, 2.24) is 0 Å². The molecule has 0 spiro atoms. The first-order valence-corrected chi connectivity index (χ1v) is 10.1. The first-order chi connectivity index (χ1) is 15.8. The predicted molar refractivity (Wildman–Crippen MR) is 153 cm³/mol. The Morgan fingerprint density at radius 3 is 2.00 bits per heavy atom. The molecule has 0 bridgehead atoms. The number of fused-ring (bicyclic) bond motifs is 1. The molecular weight excluding hydrogens is 399 g/mol. The van der Waals surface area contributed by atoms with Crippen molar-refractivity contribution >= 4 is 114 Å². The molecular formula is C22H11B11O. The molecule has 0 aromatic heterocycles. The zero-order chi connectivity index (χ0) is 26.1. The lowest BCUT2D eigenvalue weighted by molar-refractivity contribution is 0.474. The van der Waals surface area contributed by atoms with Crippen molar-refractivity contribution in [2.24, 2.45) is 0 Å². The molecule has 1 unspecified atom stereocenters. The maximum absolute atomic E-state index is 10.9. The Morgan fingerprint density at radius 1 is 0.882 bits per heavy atom. The van der Waals surface area contributed by atoms with Gasteiger partial charge < -0.3 is 5.11 Å². The molecule has 0 saturated carbocycles. The summed E-state index contributed by atoms with van der Waals surface area (Å²) in [6, 6.07) is 0. The van der Waals surface area contributed by atoms with Crippen LogP contribution in [0, 0.1) is 12.3 Å². The summed E-state index contributed by atoms with van der Waals surface area (Å²) in [5, 5.41) is 11.6. The van der Waals surface area contributed by atoms with Crippen LogP contribution >= 0.6 is 0 Å². The van der Waals surface area contributed by atoms with Gasteiger partial charge in [0.25, 0.3) is 0 Å². The summed E-state index contributed by atoms with van der Waals surface area (Å²) in [7, 11) is 66.3. The normalized spacial score (nSPS) is 16.4. The van der Waals surface area contributed by atoms with Crippen molar-refractivity contribution in [2.75, 3.05) is 0 Å². The van der Waals surface area contributed by atoms with Crippen LogP contribution in [-0.2, 0) is 0 Å². The highest BCUT2D eigenvalue weighted by Crippen LogP contribution is 2.32. The summed E-state index contributed by atoms with van der Waals surface area (Å²) in [5.41, 5.74) is 1.62. The van der Waals surface area contributed by atoms with Crippen molar-refractivity contribution in [1.29, 1.82) is 0 Å². The maximum atomic E-state index is 10.9. The van der Waals surface area contributed by atoms with Gasteiger partial charge in [-0.1, -0.05) is 33.5 Å². The van der Waals surface area contributed by atoms with Crippen molar-refractivity contribution in [2.45, 2.75) is 25.1 Å². The van der Waals surface area contributed by atoms with Crippen molar-refractivity contribution in [3.8, 4) is 18.1 Å². The van der Waals surface area contributed by atoms with E-state index >= 15 is 0 Å². The largest absolute Gasteiger partial charge is 0.508 e. The molecule has 2 rings (SSSR count). The second-order valence-corrected chi connectivity index (χ2v) is 7.93. The lowest BCUT2D eigenvalue weighted by Gasteiger charge is -2.28. The van der Waals surface area contributed by atoms with Crippen LogP contribution in [0.1, 0.15) is 19.3 Å². The van der Waals surface area contributed by atoms with E-state index in [9.17, 15) is 5.11 Å². The van der Waals surface area contributed by atoms with Gasteiger partial charge >= 0.3 is 0 Å². The summed E-state index contributed by atoms with van der Waals surface area (Å²) in [4.78, 5) is 0. The average Bonchev–Trinajstić information content (AvgIpc) is 2.82. The molecule has 0 amide bonds. The molecule has 1 aliphatic rings. The van der Waals surface area contributed by atoms with Gasteiger partial charge in [0.2, 0.25) is 0 Å². The van der Waals surface area contributed by atoms with Gasteiger partial charge in [-0.15, -0.1) is 51.3 Å². The second-order valence-electron chi connectivity index (χ2n) is 7.93. The lowest BCUT2D eigenvalue weighted by Crippen LogP contribution is -2.57. The van der Waals surface area contributed by atoms with Gasteiger partial charge in [0.15, 0.2) is 0 Å². The zero-order valence-electron chi connectivity index (χ0n) is 18.8. The van der Waals surface area contributed by atoms with Crippen LogP contribution in [0.25, 0.3) is 11.1 Å². The monoisotopic (exact) mass is 412 g/mol. The van der Waals surface area contributed by atoms with Crippen LogP contribution < -0.4 is 26.8 Å². The standard InChI is InChI=1S/C22H11B11O/c1-3-10(24)16(28)17(29)11(25)6-8-4-5-9(15(27)19(31)14(26)7(2)23)13-12(8)18(30)20(32)21(33)22(13)34/h1,15,34H,2,4-6H2/b16-10-,17-11-,19-14-. The number of phenols is 1. The van der Waals surface area contributed by atoms with E-state index in [0.29, 0.717) is 29.2 Å². The molecule has 1 nitrogen and oxygen atoms in total. The maximum Gasteiger partial charge on any atom is 0.125 e. The highest BCUT2D eigenvalue weighted by atomic mass is 16.3. The number of terminal acetylenes is 1. The van der Waals surface area contributed by atoms with Gasteiger partial charge in [0.05, 0.1) is 7.85 Å². The van der Waals surface area contributed by atoms with Crippen LogP contribution in [0.15, 0.2) is 44.9 Å². The van der Waals surface area contributed by atoms with E-state index < -0.39 is 5.82 Å². The number of aromatic hydroxyl groups is 1. The Balaban J connectivity index is 2.95. The SMILES string of the molecule is [B]C(=C)/C([B])=C(/[B])C([B])C1=c2c(O)c([B])c([B])c([B])c2=C(C/C([B])=C([B])\C([B])=C(\[B])C#C)CC1. The molecule has 1 aromatic rings. The minimum Gasteiger partial charge on any atom is -0.508 e. The third-order valence-electron chi connectivity index (χ3n) is 5.82. The summed E-state index contributed by atoms with van der Waals surface area (Å²) in [5.74, 6) is 0.996. The van der Waals surface area contributed by atoms with Gasteiger partial charge in [0, 0.05) is 5.22 Å². The number of hydrogen-bond donors (Lipinski definition) is 1. The summed E-state index contributed by atoms with van der Waals surface area (Å²) in [6.45, 7) is 3.57. The van der Waals surface area contributed by atoms with E-state index in [1.165, 1.54) is 0 Å². The predicted octanol–water partition coefficient (Wildman–Crippen LogP) is -3.82. The lowest BCUT2D eigenvalue weighted by atomic mass is 9.58. The first-order valence-electron chi connectivity index (χ1n) is 10.1. The van der Waals surface area contributed by atoms with Crippen molar-refractivity contribution in [3.63, 3.8) is 0 Å². The van der Waals surface area contributed by atoms with E-state index in [1.54, 1.807) is 0 Å². The van der Waals surface area contributed by atoms with Crippen molar-refractivity contribution < 1.29 is 5.11 Å². The molecule has 0 fully saturated rings. The number of rotatable bonds is 6. The minimum atomic E-state index is -0.916. The molecule has 0 heterocycles. The average molecular weight is 410 g/mol. The third kappa shape index (κ3) is 5.30. The number of phenolic OH excluding ortho intramolecular Hbond substituents is 1. The topological polar surface area (TPSA) is 20.2 Å². The molecule has 1 aromatic carbocycles. The smallest absolute Gasteiger partial charge is 0.125 e. The summed E-state index contributed by atoms with van der Waals surface area (Å²) in [6.07, 6.45) is 6.18. The molecule has 12 heteroatoms. The quantitative estimate of drug-likeness (QED) is 0.290. The highest BCUT2D eigenvalue weighted by molar-refractivity contribution is 6.58. The number of allylic oxidation sites excluding steroid dienone is 7. The molecule has 22 radical (unpaired) electrons. The van der Waals surface area contributed by atoms with Crippen molar-refractivity contribution in [3.05, 3.63) is 55.3 Å². The Labute approximate surface area is 217 Å². The fourth-order valence-electron chi connectivity index (χ4n) is 3.76. The number of benzene rings is 1. The summed E-state index contributed by atoms with van der Waals surface area (Å²) >= 11 is 0. The van der Waals surface area contributed by atoms with E-state index in [1.807, 2.05) is 0 Å². The van der Waals surface area contributed by atoms with E-state index in [-0.39, 0.29) is 72.1 Å². The molecule has 34 heavy (non-hydrogen) atoms. The Hall–Kier alpha value is -2.01. The Kier molecular flexibility index (Phi) is 9.26. The van der Waals surface area contributed by atoms with E-state index in [0.717, 1.165) is 0 Å². The molecule has 0 saturated heterocycles. The van der Waals surface area contributed by atoms with Gasteiger partial charge in [-0.25, -0.2) is 0 Å². The van der Waals surface area contributed by atoms with E-state index in [4.69, 9.17) is 92.7 Å². The second kappa shape index (κ2) is 11.2. The highest BCUT2D eigenvalue weighted by Gasteiger charge is 2.22. The third-order valence-corrected chi connectivity index (χ3v) is 5.82. The first kappa shape index (κ1) is 28.2. The van der Waals surface area contributed by atoms with Gasteiger partial charge in [-0.05, 0) is 30.3 Å². The van der Waals surface area contributed by atoms with Crippen LogP contribution in [0.3, 0.4) is 0 Å². The zero-order valence-corrected chi connectivity index (χ0v) is 18.8. The van der Waals surface area contributed by atoms with Crippen LogP contribution in [-0.4, -0.2) is 91.4 Å².